The Morgan fingerprint density at radius 1 is 1.58 bits per heavy atom. The number of allylic oxidation sites excluding steroid dienone is 1. The van der Waals surface area contributed by atoms with Crippen LogP contribution >= 0.6 is 0 Å². The molecule has 0 aromatic rings. The predicted octanol–water partition coefficient (Wildman–Crippen LogP) is 1.08. The summed E-state index contributed by atoms with van der Waals surface area (Å²) in [7, 11) is 3.21. The second kappa shape index (κ2) is 4.60. The van der Waals surface area contributed by atoms with Crippen molar-refractivity contribution in [1.82, 2.24) is 0 Å². The van der Waals surface area contributed by atoms with Crippen LogP contribution in [0.2, 0.25) is 0 Å². The maximum absolute atomic E-state index is 9.45. The minimum absolute atomic E-state index is 0.219. The molecule has 0 bridgehead atoms. The number of ether oxygens (including phenoxy) is 2. The normalized spacial score (nSPS) is 23.3. The summed E-state index contributed by atoms with van der Waals surface area (Å²) in [5, 5.41) is 9.45. The maximum Gasteiger partial charge on any atom is 0.160 e. The summed E-state index contributed by atoms with van der Waals surface area (Å²) in [6.45, 7) is 0. The largest absolute Gasteiger partial charge is 0.389 e. The van der Waals surface area contributed by atoms with Crippen LogP contribution in [0.25, 0.3) is 0 Å². The molecule has 0 fully saturated rings. The number of aliphatic hydroxyl groups is 1. The monoisotopic (exact) mass is 172 g/mol. The third kappa shape index (κ3) is 2.30. The van der Waals surface area contributed by atoms with E-state index in [-0.39, 0.29) is 12.4 Å². The molecule has 3 heteroatoms. The number of methoxy groups -OCH3 is 2. The summed E-state index contributed by atoms with van der Waals surface area (Å²) in [6.07, 6.45) is 4.05. The number of aliphatic hydroxyl groups excluding tert-OH is 1. The molecule has 0 saturated carbocycles. The lowest BCUT2D eigenvalue weighted by Gasteiger charge is -2.15. The van der Waals surface area contributed by atoms with E-state index in [1.54, 1.807) is 14.2 Å². The van der Waals surface area contributed by atoms with Crippen molar-refractivity contribution in [2.75, 3.05) is 14.2 Å². The first kappa shape index (κ1) is 9.71. The summed E-state index contributed by atoms with van der Waals surface area (Å²) in [5.41, 5.74) is 1.05. The lowest BCUT2D eigenvalue weighted by molar-refractivity contribution is -0.102. The maximum atomic E-state index is 9.45. The van der Waals surface area contributed by atoms with Gasteiger partial charge in [-0.15, -0.1) is 0 Å². The van der Waals surface area contributed by atoms with Crippen LogP contribution in [-0.4, -0.2) is 31.7 Å². The third-order valence-electron chi connectivity index (χ3n) is 2.20. The molecule has 1 atom stereocenters. The van der Waals surface area contributed by atoms with E-state index in [4.69, 9.17) is 9.47 Å². The smallest absolute Gasteiger partial charge is 0.160 e. The molecule has 0 aromatic carbocycles. The molecule has 0 spiro atoms. The highest BCUT2D eigenvalue weighted by molar-refractivity contribution is 5.14. The molecular formula is C9H16O3. The van der Waals surface area contributed by atoms with Gasteiger partial charge in [-0.05, 0) is 18.4 Å². The Hall–Kier alpha value is -0.380. The van der Waals surface area contributed by atoms with Crippen molar-refractivity contribution >= 4 is 0 Å². The molecular weight excluding hydrogens is 156 g/mol. The average Bonchev–Trinajstić information content (AvgIpc) is 2.47. The van der Waals surface area contributed by atoms with E-state index in [0.717, 1.165) is 18.4 Å². The Kier molecular flexibility index (Phi) is 3.72. The van der Waals surface area contributed by atoms with Crippen molar-refractivity contribution in [2.45, 2.75) is 31.7 Å². The fourth-order valence-corrected chi connectivity index (χ4v) is 1.42. The van der Waals surface area contributed by atoms with E-state index in [2.05, 4.69) is 6.08 Å². The minimum Gasteiger partial charge on any atom is -0.389 e. The Bertz CT molecular complexity index is 161. The second-order valence-electron chi connectivity index (χ2n) is 2.98. The zero-order valence-corrected chi connectivity index (χ0v) is 7.62. The molecule has 0 radical (unpaired) electrons. The highest BCUT2D eigenvalue weighted by Crippen LogP contribution is 2.23. The van der Waals surface area contributed by atoms with E-state index in [9.17, 15) is 5.11 Å². The molecule has 0 aromatic heterocycles. The van der Waals surface area contributed by atoms with Gasteiger partial charge in [0.2, 0.25) is 0 Å². The van der Waals surface area contributed by atoms with Gasteiger partial charge in [0.15, 0.2) is 6.29 Å². The summed E-state index contributed by atoms with van der Waals surface area (Å²) >= 11 is 0. The molecule has 1 aliphatic rings. The number of rotatable bonds is 4. The van der Waals surface area contributed by atoms with Gasteiger partial charge in [-0.2, -0.15) is 0 Å². The van der Waals surface area contributed by atoms with Crippen LogP contribution in [0.1, 0.15) is 19.3 Å². The first-order valence-corrected chi connectivity index (χ1v) is 4.20. The zero-order valence-electron chi connectivity index (χ0n) is 7.62. The van der Waals surface area contributed by atoms with Gasteiger partial charge in [0.25, 0.3) is 0 Å². The molecule has 0 saturated heterocycles. The topological polar surface area (TPSA) is 38.7 Å². The lowest BCUT2D eigenvalue weighted by atomic mass is 10.1. The Morgan fingerprint density at radius 3 is 2.67 bits per heavy atom. The van der Waals surface area contributed by atoms with Gasteiger partial charge < -0.3 is 14.6 Å². The summed E-state index contributed by atoms with van der Waals surface area (Å²) in [4.78, 5) is 0. The van der Waals surface area contributed by atoms with Gasteiger partial charge >= 0.3 is 0 Å². The van der Waals surface area contributed by atoms with Gasteiger partial charge in [-0.25, -0.2) is 0 Å². The lowest BCUT2D eigenvalue weighted by Crippen LogP contribution is -2.17. The van der Waals surface area contributed by atoms with Gasteiger partial charge in [0.05, 0.1) is 6.10 Å². The van der Waals surface area contributed by atoms with E-state index < -0.39 is 0 Å². The molecule has 0 heterocycles. The van der Waals surface area contributed by atoms with Gasteiger partial charge in [0, 0.05) is 20.6 Å². The number of hydrogen-bond acceptors (Lipinski definition) is 3. The summed E-state index contributed by atoms with van der Waals surface area (Å²) in [5.74, 6) is 0. The SMILES string of the molecule is COC(CC1=CCC[C@H]1O)OC. The van der Waals surface area contributed by atoms with E-state index in [0.29, 0.717) is 6.42 Å². The van der Waals surface area contributed by atoms with Crippen molar-refractivity contribution < 1.29 is 14.6 Å². The fraction of sp³-hybridized carbons (Fsp3) is 0.778. The van der Waals surface area contributed by atoms with E-state index >= 15 is 0 Å². The molecule has 3 nitrogen and oxygen atoms in total. The van der Waals surface area contributed by atoms with Crippen molar-refractivity contribution in [1.29, 1.82) is 0 Å². The van der Waals surface area contributed by atoms with Crippen LogP contribution in [0, 0.1) is 0 Å². The van der Waals surface area contributed by atoms with Crippen molar-refractivity contribution in [3.8, 4) is 0 Å². The van der Waals surface area contributed by atoms with Crippen LogP contribution < -0.4 is 0 Å². The average molecular weight is 172 g/mol. The van der Waals surface area contributed by atoms with E-state index in [1.807, 2.05) is 0 Å². The molecule has 0 unspecified atom stereocenters. The second-order valence-corrected chi connectivity index (χ2v) is 2.98. The van der Waals surface area contributed by atoms with Crippen molar-refractivity contribution in [3.63, 3.8) is 0 Å². The van der Waals surface area contributed by atoms with Crippen molar-refractivity contribution in [3.05, 3.63) is 11.6 Å². The number of hydrogen-bond donors (Lipinski definition) is 1. The summed E-state index contributed by atoms with van der Waals surface area (Å²) in [6, 6.07) is 0. The Labute approximate surface area is 73.0 Å². The molecule has 1 aliphatic carbocycles. The molecule has 1 rings (SSSR count). The Morgan fingerprint density at radius 2 is 2.25 bits per heavy atom. The van der Waals surface area contributed by atoms with E-state index in [1.165, 1.54) is 0 Å². The molecule has 0 aliphatic heterocycles. The van der Waals surface area contributed by atoms with Crippen LogP contribution in [0.4, 0.5) is 0 Å². The van der Waals surface area contributed by atoms with Gasteiger partial charge in [-0.1, -0.05) is 6.08 Å². The fourth-order valence-electron chi connectivity index (χ4n) is 1.42. The molecule has 70 valence electrons. The highest BCUT2D eigenvalue weighted by atomic mass is 16.7. The first-order valence-electron chi connectivity index (χ1n) is 4.20. The molecule has 0 amide bonds. The molecule has 12 heavy (non-hydrogen) atoms. The van der Waals surface area contributed by atoms with Gasteiger partial charge in [-0.3, -0.25) is 0 Å². The zero-order chi connectivity index (χ0) is 8.97. The van der Waals surface area contributed by atoms with Crippen LogP contribution in [0.3, 0.4) is 0 Å². The Balaban J connectivity index is 2.38. The third-order valence-corrected chi connectivity index (χ3v) is 2.20. The van der Waals surface area contributed by atoms with Crippen molar-refractivity contribution in [2.24, 2.45) is 0 Å². The quantitative estimate of drug-likeness (QED) is 0.509. The predicted molar refractivity (Wildman–Crippen MR) is 45.7 cm³/mol. The minimum atomic E-state index is -0.280. The standard InChI is InChI=1S/C9H16O3/c1-11-9(12-2)6-7-4-3-5-8(7)10/h4,8-10H,3,5-6H2,1-2H3/t8-/m1/s1. The molecule has 1 N–H and O–H groups in total. The summed E-state index contributed by atoms with van der Waals surface area (Å²) < 4.78 is 10.1. The van der Waals surface area contributed by atoms with Gasteiger partial charge in [0.1, 0.15) is 0 Å². The highest BCUT2D eigenvalue weighted by Gasteiger charge is 2.19. The van der Waals surface area contributed by atoms with Crippen LogP contribution in [0.15, 0.2) is 11.6 Å². The first-order chi connectivity index (χ1) is 5.77. The van der Waals surface area contributed by atoms with Crippen LogP contribution in [0.5, 0.6) is 0 Å². The van der Waals surface area contributed by atoms with Crippen LogP contribution in [-0.2, 0) is 9.47 Å².